The second-order valence-corrected chi connectivity index (χ2v) is 4.78. The summed E-state index contributed by atoms with van der Waals surface area (Å²) in [6, 6.07) is 5.66. The molecular formula is C13H16BrNO3. The Hall–Kier alpha value is -1.36. The minimum absolute atomic E-state index is 0.240. The highest BCUT2D eigenvalue weighted by atomic mass is 79.9. The second kappa shape index (κ2) is 6.54. The minimum atomic E-state index is -0.498. The number of carbonyl (C=O) groups excluding carboxylic acids is 2. The zero-order valence-electron chi connectivity index (χ0n) is 10.7. The van der Waals surface area contributed by atoms with E-state index in [-0.39, 0.29) is 18.9 Å². The standard InChI is InChI=1S/C13H16BrNO3/c1-4-18-13(17)8-12(16)15(3)11-7-10(14)6-5-9(11)2/h5-7H,4,8H2,1-3H3. The van der Waals surface area contributed by atoms with Crippen LogP contribution in [-0.2, 0) is 14.3 Å². The Morgan fingerprint density at radius 1 is 1.39 bits per heavy atom. The van der Waals surface area contributed by atoms with Gasteiger partial charge in [0.2, 0.25) is 5.91 Å². The quantitative estimate of drug-likeness (QED) is 0.634. The third-order valence-electron chi connectivity index (χ3n) is 2.51. The van der Waals surface area contributed by atoms with Crippen LogP contribution in [0.25, 0.3) is 0 Å². The highest BCUT2D eigenvalue weighted by Crippen LogP contribution is 2.24. The number of ether oxygens (including phenoxy) is 1. The number of anilines is 1. The molecular weight excluding hydrogens is 298 g/mol. The van der Waals surface area contributed by atoms with Crippen molar-refractivity contribution in [1.29, 1.82) is 0 Å². The van der Waals surface area contributed by atoms with Crippen LogP contribution in [0.3, 0.4) is 0 Å². The molecule has 4 nitrogen and oxygen atoms in total. The fraction of sp³-hybridized carbons (Fsp3) is 0.385. The van der Waals surface area contributed by atoms with E-state index in [2.05, 4.69) is 15.9 Å². The zero-order chi connectivity index (χ0) is 13.7. The van der Waals surface area contributed by atoms with Gasteiger partial charge in [-0.2, -0.15) is 0 Å². The van der Waals surface area contributed by atoms with Gasteiger partial charge in [-0.3, -0.25) is 9.59 Å². The third-order valence-corrected chi connectivity index (χ3v) is 3.00. The number of amides is 1. The normalized spacial score (nSPS) is 10.0. The van der Waals surface area contributed by atoms with Crippen molar-refractivity contribution in [3.63, 3.8) is 0 Å². The van der Waals surface area contributed by atoms with Crippen LogP contribution in [0.15, 0.2) is 22.7 Å². The summed E-state index contributed by atoms with van der Waals surface area (Å²) in [6.07, 6.45) is -0.240. The van der Waals surface area contributed by atoms with Gasteiger partial charge in [0.05, 0.1) is 6.61 Å². The van der Waals surface area contributed by atoms with Crippen LogP contribution in [0.2, 0.25) is 0 Å². The van der Waals surface area contributed by atoms with Crippen LogP contribution in [0, 0.1) is 6.92 Å². The van der Waals surface area contributed by atoms with Gasteiger partial charge in [0, 0.05) is 17.2 Å². The number of halogens is 1. The molecule has 1 aromatic rings. The molecule has 98 valence electrons. The summed E-state index contributed by atoms with van der Waals surface area (Å²) in [5.41, 5.74) is 1.75. The molecule has 1 aromatic carbocycles. The van der Waals surface area contributed by atoms with E-state index in [4.69, 9.17) is 4.74 Å². The smallest absolute Gasteiger partial charge is 0.315 e. The molecule has 0 saturated heterocycles. The maximum atomic E-state index is 11.9. The topological polar surface area (TPSA) is 46.6 Å². The average molecular weight is 314 g/mol. The fourth-order valence-corrected chi connectivity index (χ4v) is 1.88. The number of hydrogen-bond acceptors (Lipinski definition) is 3. The van der Waals surface area contributed by atoms with Gasteiger partial charge in [-0.15, -0.1) is 0 Å². The maximum absolute atomic E-state index is 11.9. The predicted molar refractivity (Wildman–Crippen MR) is 73.5 cm³/mol. The second-order valence-electron chi connectivity index (χ2n) is 3.87. The van der Waals surface area contributed by atoms with Gasteiger partial charge in [0.15, 0.2) is 0 Å². The Morgan fingerprint density at radius 3 is 2.67 bits per heavy atom. The van der Waals surface area contributed by atoms with Gasteiger partial charge in [0.1, 0.15) is 6.42 Å². The molecule has 0 aliphatic rings. The van der Waals surface area contributed by atoms with Crippen molar-refractivity contribution in [1.82, 2.24) is 0 Å². The summed E-state index contributed by atoms with van der Waals surface area (Å²) in [5, 5.41) is 0. The van der Waals surface area contributed by atoms with E-state index in [1.54, 1.807) is 14.0 Å². The predicted octanol–water partition coefficient (Wildman–Crippen LogP) is 2.67. The van der Waals surface area contributed by atoms with Gasteiger partial charge in [-0.05, 0) is 31.5 Å². The zero-order valence-corrected chi connectivity index (χ0v) is 12.3. The molecule has 1 amide bonds. The lowest BCUT2D eigenvalue weighted by atomic mass is 10.2. The Bertz CT molecular complexity index is 460. The van der Waals surface area contributed by atoms with E-state index in [9.17, 15) is 9.59 Å². The number of benzene rings is 1. The van der Waals surface area contributed by atoms with E-state index < -0.39 is 5.97 Å². The van der Waals surface area contributed by atoms with Crippen LogP contribution in [0.4, 0.5) is 5.69 Å². The molecule has 0 aromatic heterocycles. The van der Waals surface area contributed by atoms with Crippen LogP contribution in [0.1, 0.15) is 18.9 Å². The number of hydrogen-bond donors (Lipinski definition) is 0. The summed E-state index contributed by atoms with van der Waals surface area (Å²) < 4.78 is 5.64. The van der Waals surface area contributed by atoms with Gasteiger partial charge in [0.25, 0.3) is 0 Å². The number of esters is 1. The van der Waals surface area contributed by atoms with E-state index in [1.807, 2.05) is 25.1 Å². The largest absolute Gasteiger partial charge is 0.466 e. The van der Waals surface area contributed by atoms with Crippen LogP contribution in [0.5, 0.6) is 0 Å². The maximum Gasteiger partial charge on any atom is 0.315 e. The molecule has 0 bridgehead atoms. The monoisotopic (exact) mass is 313 g/mol. The molecule has 0 fully saturated rings. The molecule has 0 aliphatic carbocycles. The van der Waals surface area contributed by atoms with E-state index in [0.717, 1.165) is 15.7 Å². The molecule has 0 heterocycles. The summed E-state index contributed by atoms with van der Waals surface area (Å²) >= 11 is 3.36. The van der Waals surface area contributed by atoms with E-state index in [1.165, 1.54) is 4.90 Å². The first-order valence-corrected chi connectivity index (χ1v) is 6.43. The first-order valence-electron chi connectivity index (χ1n) is 5.64. The molecule has 0 spiro atoms. The van der Waals surface area contributed by atoms with Gasteiger partial charge in [-0.25, -0.2) is 0 Å². The number of aryl methyl sites for hydroxylation is 1. The van der Waals surface area contributed by atoms with Crippen molar-refractivity contribution in [3.05, 3.63) is 28.2 Å². The van der Waals surface area contributed by atoms with Crippen molar-refractivity contribution in [2.75, 3.05) is 18.6 Å². The van der Waals surface area contributed by atoms with Crippen molar-refractivity contribution >= 4 is 33.5 Å². The Labute approximate surface area is 115 Å². The van der Waals surface area contributed by atoms with Gasteiger partial charge in [-0.1, -0.05) is 22.0 Å². The Kier molecular flexibility index (Phi) is 5.34. The Balaban J connectivity index is 2.80. The van der Waals surface area contributed by atoms with Crippen molar-refractivity contribution in [3.8, 4) is 0 Å². The molecule has 0 unspecified atom stereocenters. The first-order chi connectivity index (χ1) is 8.45. The molecule has 0 radical (unpaired) electrons. The first kappa shape index (κ1) is 14.7. The minimum Gasteiger partial charge on any atom is -0.466 e. The molecule has 1 rings (SSSR count). The van der Waals surface area contributed by atoms with E-state index in [0.29, 0.717) is 0 Å². The lowest BCUT2D eigenvalue weighted by Gasteiger charge is -2.19. The lowest BCUT2D eigenvalue weighted by molar-refractivity contribution is -0.145. The van der Waals surface area contributed by atoms with Crippen molar-refractivity contribution in [2.24, 2.45) is 0 Å². The van der Waals surface area contributed by atoms with Gasteiger partial charge < -0.3 is 9.64 Å². The highest BCUT2D eigenvalue weighted by Gasteiger charge is 2.17. The molecule has 5 heteroatoms. The van der Waals surface area contributed by atoms with Crippen LogP contribution in [-0.4, -0.2) is 25.5 Å². The van der Waals surface area contributed by atoms with Crippen LogP contribution < -0.4 is 4.90 Å². The SMILES string of the molecule is CCOC(=O)CC(=O)N(C)c1cc(Br)ccc1C. The fourth-order valence-electron chi connectivity index (χ4n) is 1.53. The number of nitrogens with zero attached hydrogens (tertiary/aromatic N) is 1. The summed E-state index contributed by atoms with van der Waals surface area (Å²) in [6.45, 7) is 3.91. The number of carbonyl (C=O) groups is 2. The highest BCUT2D eigenvalue weighted by molar-refractivity contribution is 9.10. The summed E-state index contributed by atoms with van der Waals surface area (Å²) in [7, 11) is 1.65. The van der Waals surface area contributed by atoms with E-state index >= 15 is 0 Å². The molecule has 0 N–H and O–H groups in total. The number of rotatable bonds is 4. The Morgan fingerprint density at radius 2 is 2.06 bits per heavy atom. The molecule has 0 saturated carbocycles. The van der Waals surface area contributed by atoms with Crippen molar-refractivity contribution in [2.45, 2.75) is 20.3 Å². The van der Waals surface area contributed by atoms with Gasteiger partial charge >= 0.3 is 5.97 Å². The average Bonchev–Trinajstić information content (AvgIpc) is 2.31. The summed E-state index contributed by atoms with van der Waals surface area (Å²) in [5.74, 6) is -0.781. The molecule has 0 aliphatic heterocycles. The van der Waals surface area contributed by atoms with Crippen LogP contribution >= 0.6 is 15.9 Å². The molecule has 0 atom stereocenters. The molecule has 18 heavy (non-hydrogen) atoms. The lowest BCUT2D eigenvalue weighted by Crippen LogP contribution is -2.29. The third kappa shape index (κ3) is 3.84. The van der Waals surface area contributed by atoms with Crippen molar-refractivity contribution < 1.29 is 14.3 Å². The summed E-state index contributed by atoms with van der Waals surface area (Å²) in [4.78, 5) is 24.6.